The average molecular weight is 291 g/mol. The van der Waals surface area contributed by atoms with Crippen LogP contribution in [-0.4, -0.2) is 41.8 Å². The summed E-state index contributed by atoms with van der Waals surface area (Å²) in [4.78, 5) is 13.2. The van der Waals surface area contributed by atoms with E-state index in [1.165, 1.54) is 5.56 Å². The molecular weight excluding hydrogens is 266 g/mol. The van der Waals surface area contributed by atoms with Crippen LogP contribution in [0.15, 0.2) is 24.3 Å². The molecule has 1 N–H and O–H groups in total. The molecule has 0 spiro atoms. The van der Waals surface area contributed by atoms with Crippen LogP contribution in [0.4, 0.5) is 0 Å². The summed E-state index contributed by atoms with van der Waals surface area (Å²) >= 11 is 0. The third-order valence-electron chi connectivity index (χ3n) is 3.81. The fourth-order valence-electron chi connectivity index (χ4n) is 2.57. The van der Waals surface area contributed by atoms with Crippen LogP contribution >= 0.6 is 0 Å². The number of aromatic carboxylic acids is 1. The molecule has 4 heteroatoms. The van der Waals surface area contributed by atoms with Crippen molar-refractivity contribution < 1.29 is 14.6 Å². The number of rotatable bonds is 6. The van der Waals surface area contributed by atoms with E-state index in [4.69, 9.17) is 9.84 Å². The summed E-state index contributed by atoms with van der Waals surface area (Å²) in [6, 6.07) is 7.17. The minimum atomic E-state index is -0.871. The van der Waals surface area contributed by atoms with Crippen LogP contribution in [0.5, 0.6) is 0 Å². The Bertz CT molecular complexity index is 448. The zero-order valence-corrected chi connectivity index (χ0v) is 12.9. The topological polar surface area (TPSA) is 49.8 Å². The highest BCUT2D eigenvalue weighted by Crippen LogP contribution is 2.17. The molecule has 0 amide bonds. The van der Waals surface area contributed by atoms with Gasteiger partial charge in [0.25, 0.3) is 0 Å². The number of ether oxygens (including phenoxy) is 1. The van der Waals surface area contributed by atoms with Gasteiger partial charge in [-0.3, -0.25) is 4.90 Å². The summed E-state index contributed by atoms with van der Waals surface area (Å²) in [7, 11) is 0. The van der Waals surface area contributed by atoms with Gasteiger partial charge >= 0.3 is 5.97 Å². The molecule has 0 bridgehead atoms. The monoisotopic (exact) mass is 291 g/mol. The average Bonchev–Trinajstić information content (AvgIpc) is 2.47. The van der Waals surface area contributed by atoms with Gasteiger partial charge in [0, 0.05) is 26.2 Å². The van der Waals surface area contributed by atoms with Gasteiger partial charge in [0.15, 0.2) is 0 Å². The number of likely N-dealkylation sites (tertiary alicyclic amines) is 1. The minimum absolute atomic E-state index is 0.347. The molecule has 21 heavy (non-hydrogen) atoms. The van der Waals surface area contributed by atoms with Gasteiger partial charge in [0.2, 0.25) is 0 Å². The highest BCUT2D eigenvalue weighted by atomic mass is 16.5. The number of hydrogen-bond acceptors (Lipinski definition) is 3. The van der Waals surface area contributed by atoms with Gasteiger partial charge in [-0.2, -0.15) is 0 Å². The molecule has 1 aromatic carbocycles. The number of carbonyl (C=O) groups is 1. The molecular formula is C17H25NO3. The van der Waals surface area contributed by atoms with E-state index in [0.29, 0.717) is 17.6 Å². The van der Waals surface area contributed by atoms with Crippen molar-refractivity contribution in [2.45, 2.75) is 39.3 Å². The van der Waals surface area contributed by atoms with Gasteiger partial charge in [0.1, 0.15) is 0 Å². The Morgan fingerprint density at radius 1 is 1.29 bits per heavy atom. The Kier molecular flexibility index (Phi) is 5.76. The Morgan fingerprint density at radius 3 is 2.43 bits per heavy atom. The van der Waals surface area contributed by atoms with Crippen LogP contribution in [0.25, 0.3) is 0 Å². The number of hydrogen-bond donors (Lipinski definition) is 1. The summed E-state index contributed by atoms with van der Waals surface area (Å²) in [5.41, 5.74) is 1.51. The first kappa shape index (κ1) is 16.0. The first-order valence-electron chi connectivity index (χ1n) is 7.71. The first-order chi connectivity index (χ1) is 10.0. The molecule has 0 atom stereocenters. The van der Waals surface area contributed by atoms with Crippen molar-refractivity contribution in [1.82, 2.24) is 4.90 Å². The van der Waals surface area contributed by atoms with Crippen molar-refractivity contribution in [1.29, 1.82) is 0 Å². The van der Waals surface area contributed by atoms with E-state index in [2.05, 4.69) is 18.7 Å². The third-order valence-corrected chi connectivity index (χ3v) is 3.81. The van der Waals surface area contributed by atoms with E-state index in [1.54, 1.807) is 12.1 Å². The van der Waals surface area contributed by atoms with Crippen molar-refractivity contribution in [3.63, 3.8) is 0 Å². The van der Waals surface area contributed by atoms with Crippen molar-refractivity contribution in [2.24, 2.45) is 5.92 Å². The molecule has 0 aromatic heterocycles. The van der Waals surface area contributed by atoms with E-state index in [9.17, 15) is 4.79 Å². The Hall–Kier alpha value is -1.39. The van der Waals surface area contributed by atoms with Gasteiger partial charge in [-0.05, 0) is 36.5 Å². The Morgan fingerprint density at radius 2 is 1.90 bits per heavy atom. The zero-order valence-electron chi connectivity index (χ0n) is 12.9. The molecule has 116 valence electrons. The quantitative estimate of drug-likeness (QED) is 0.875. The lowest BCUT2D eigenvalue weighted by molar-refractivity contribution is -0.00584. The second-order valence-corrected chi connectivity index (χ2v) is 6.20. The van der Waals surface area contributed by atoms with Gasteiger partial charge < -0.3 is 9.84 Å². The van der Waals surface area contributed by atoms with Crippen molar-refractivity contribution in [3.8, 4) is 0 Å². The molecule has 1 aliphatic rings. The lowest BCUT2D eigenvalue weighted by atomic mass is 10.1. The summed E-state index contributed by atoms with van der Waals surface area (Å²) in [6.07, 6.45) is 2.57. The normalized spacial score (nSPS) is 17.3. The zero-order chi connectivity index (χ0) is 15.2. The van der Waals surface area contributed by atoms with E-state index < -0.39 is 5.97 Å². The lowest BCUT2D eigenvalue weighted by Crippen LogP contribution is -2.37. The minimum Gasteiger partial charge on any atom is -0.478 e. The first-order valence-corrected chi connectivity index (χ1v) is 7.71. The Balaban J connectivity index is 1.76. The summed E-state index contributed by atoms with van der Waals surface area (Å²) < 4.78 is 5.89. The number of benzene rings is 1. The van der Waals surface area contributed by atoms with Gasteiger partial charge in [-0.15, -0.1) is 0 Å². The molecule has 1 aromatic rings. The smallest absolute Gasteiger partial charge is 0.335 e. The van der Waals surface area contributed by atoms with E-state index in [0.717, 1.165) is 39.1 Å². The number of nitrogens with zero attached hydrogens (tertiary/aromatic N) is 1. The van der Waals surface area contributed by atoms with Gasteiger partial charge in [-0.1, -0.05) is 26.0 Å². The second kappa shape index (κ2) is 7.57. The van der Waals surface area contributed by atoms with Crippen LogP contribution in [0.2, 0.25) is 0 Å². The van der Waals surface area contributed by atoms with Crippen molar-refractivity contribution in [2.75, 3.05) is 19.7 Å². The molecule has 4 nitrogen and oxygen atoms in total. The predicted octanol–water partition coefficient (Wildman–Crippen LogP) is 3.02. The largest absolute Gasteiger partial charge is 0.478 e. The van der Waals surface area contributed by atoms with Crippen LogP contribution in [0.3, 0.4) is 0 Å². The van der Waals surface area contributed by atoms with Crippen molar-refractivity contribution >= 4 is 5.97 Å². The molecule has 0 radical (unpaired) electrons. The maximum Gasteiger partial charge on any atom is 0.335 e. The third kappa shape index (κ3) is 5.14. The standard InChI is InChI=1S/C17H25NO3/c1-13(2)12-21-16-7-9-18(10-8-16)11-14-3-5-15(6-4-14)17(19)20/h3-6,13,16H,7-12H2,1-2H3,(H,19,20). The molecule has 1 fully saturated rings. The summed E-state index contributed by atoms with van der Waals surface area (Å²) in [6.45, 7) is 8.18. The molecule has 0 unspecified atom stereocenters. The SMILES string of the molecule is CC(C)COC1CCN(Cc2ccc(C(=O)O)cc2)CC1. The maximum absolute atomic E-state index is 10.8. The van der Waals surface area contributed by atoms with Crippen molar-refractivity contribution in [3.05, 3.63) is 35.4 Å². The van der Waals surface area contributed by atoms with E-state index in [1.807, 2.05) is 12.1 Å². The number of piperidine rings is 1. The van der Waals surface area contributed by atoms with Crippen LogP contribution < -0.4 is 0 Å². The molecule has 1 saturated heterocycles. The maximum atomic E-state index is 10.8. The Labute approximate surface area is 126 Å². The summed E-state index contributed by atoms with van der Waals surface area (Å²) in [5.74, 6) is -0.277. The highest BCUT2D eigenvalue weighted by Gasteiger charge is 2.19. The van der Waals surface area contributed by atoms with Crippen LogP contribution in [-0.2, 0) is 11.3 Å². The molecule has 0 saturated carbocycles. The molecule has 1 heterocycles. The molecule has 0 aliphatic carbocycles. The van der Waals surface area contributed by atoms with Crippen LogP contribution in [0, 0.1) is 5.92 Å². The number of carboxylic acids is 1. The highest BCUT2D eigenvalue weighted by molar-refractivity contribution is 5.87. The molecule has 1 aliphatic heterocycles. The summed E-state index contributed by atoms with van der Waals surface area (Å²) in [5, 5.41) is 8.89. The number of carboxylic acid groups (broad SMARTS) is 1. The lowest BCUT2D eigenvalue weighted by Gasteiger charge is -2.32. The van der Waals surface area contributed by atoms with Gasteiger partial charge in [0.05, 0.1) is 11.7 Å². The molecule has 2 rings (SSSR count). The fourth-order valence-corrected chi connectivity index (χ4v) is 2.57. The van der Waals surface area contributed by atoms with Crippen LogP contribution in [0.1, 0.15) is 42.6 Å². The fraction of sp³-hybridized carbons (Fsp3) is 0.588. The predicted molar refractivity (Wildman–Crippen MR) is 82.5 cm³/mol. The van der Waals surface area contributed by atoms with E-state index >= 15 is 0 Å². The van der Waals surface area contributed by atoms with Gasteiger partial charge in [-0.25, -0.2) is 4.79 Å². The van der Waals surface area contributed by atoms with E-state index in [-0.39, 0.29) is 0 Å². The second-order valence-electron chi connectivity index (χ2n) is 6.20.